The van der Waals surface area contributed by atoms with Gasteiger partial charge in [-0.2, -0.15) is 0 Å². The van der Waals surface area contributed by atoms with E-state index in [-0.39, 0.29) is 5.91 Å². The zero-order valence-electron chi connectivity index (χ0n) is 14.6. The number of hydrogen-bond acceptors (Lipinski definition) is 6. The van der Waals surface area contributed by atoms with Gasteiger partial charge in [0.2, 0.25) is 0 Å². The molecule has 0 saturated heterocycles. The van der Waals surface area contributed by atoms with Crippen molar-refractivity contribution in [1.82, 2.24) is 15.1 Å². The Morgan fingerprint density at radius 3 is 2.81 bits per heavy atom. The first-order valence-corrected chi connectivity index (χ1v) is 9.12. The normalized spacial score (nSPS) is 11.1. The largest absolute Gasteiger partial charge is 0.463 e. The number of furan rings is 1. The summed E-state index contributed by atoms with van der Waals surface area (Å²) in [4.78, 5) is 23.8. The smallest absolute Gasteiger partial charge is 0.260 e. The monoisotopic (exact) mass is 426 g/mol. The Morgan fingerprint density at radius 2 is 2.15 bits per heavy atom. The Labute approximate surface area is 163 Å². The van der Waals surface area contributed by atoms with E-state index in [0.29, 0.717) is 46.2 Å². The Morgan fingerprint density at radius 1 is 1.30 bits per heavy atom. The molecule has 0 N–H and O–H groups in total. The van der Waals surface area contributed by atoms with Crippen LogP contribution in [0.2, 0.25) is 0 Å². The highest BCUT2D eigenvalue weighted by Gasteiger charge is 2.24. The summed E-state index contributed by atoms with van der Waals surface area (Å²) in [5, 5.41) is 4.56. The molecular weight excluding hydrogens is 412 g/mol. The van der Waals surface area contributed by atoms with Gasteiger partial charge in [0, 0.05) is 17.2 Å². The van der Waals surface area contributed by atoms with Crippen molar-refractivity contribution in [2.45, 2.75) is 13.8 Å². The third-order valence-electron chi connectivity index (χ3n) is 4.17. The molecule has 4 aromatic rings. The Balaban J connectivity index is 1.87. The van der Waals surface area contributed by atoms with E-state index >= 15 is 0 Å². The number of hydrogen-bond donors (Lipinski definition) is 0. The lowest BCUT2D eigenvalue weighted by atomic mass is 10.1. The van der Waals surface area contributed by atoms with Gasteiger partial charge in [0.05, 0.1) is 22.9 Å². The highest BCUT2D eigenvalue weighted by atomic mass is 79.9. The van der Waals surface area contributed by atoms with Crippen molar-refractivity contribution in [1.29, 1.82) is 0 Å². The van der Waals surface area contributed by atoms with E-state index in [0.717, 1.165) is 4.47 Å². The standard InChI is InChI=1S/C19H15BrN4O3/c1-3-24(16-7-6-12(20)10-21-16)19(25)13-9-14(15-5-4-8-26-15)22-18-17(13)11(2)23-27-18/h4-10H,3H2,1-2H3. The molecule has 8 heteroatoms. The molecule has 1 amide bonds. The number of aryl methyl sites for hydroxylation is 1. The van der Waals surface area contributed by atoms with E-state index < -0.39 is 0 Å². The van der Waals surface area contributed by atoms with E-state index in [2.05, 4.69) is 31.1 Å². The van der Waals surface area contributed by atoms with Crippen LogP contribution in [0.1, 0.15) is 23.0 Å². The van der Waals surface area contributed by atoms with Crippen LogP contribution in [-0.4, -0.2) is 27.6 Å². The van der Waals surface area contributed by atoms with Gasteiger partial charge in [0.15, 0.2) is 5.76 Å². The minimum Gasteiger partial charge on any atom is -0.463 e. The quantitative estimate of drug-likeness (QED) is 0.473. The molecule has 0 atom stereocenters. The topological polar surface area (TPSA) is 85.3 Å². The summed E-state index contributed by atoms with van der Waals surface area (Å²) in [6, 6.07) is 8.88. The van der Waals surface area contributed by atoms with Crippen molar-refractivity contribution in [2.24, 2.45) is 0 Å². The van der Waals surface area contributed by atoms with E-state index in [4.69, 9.17) is 8.94 Å². The molecule has 0 fully saturated rings. The highest BCUT2D eigenvalue weighted by molar-refractivity contribution is 9.10. The Bertz CT molecular complexity index is 1100. The van der Waals surface area contributed by atoms with Crippen molar-refractivity contribution in [3.05, 3.63) is 58.5 Å². The SMILES string of the molecule is CCN(C(=O)c1cc(-c2ccco2)nc2onc(C)c12)c1ccc(Br)cn1. The fourth-order valence-corrected chi connectivity index (χ4v) is 3.13. The van der Waals surface area contributed by atoms with Gasteiger partial charge < -0.3 is 8.94 Å². The Hall–Kier alpha value is -3.00. The number of fused-ring (bicyclic) bond motifs is 1. The number of nitrogens with zero attached hydrogens (tertiary/aromatic N) is 4. The van der Waals surface area contributed by atoms with Crippen molar-refractivity contribution in [3.8, 4) is 11.5 Å². The van der Waals surface area contributed by atoms with E-state index in [9.17, 15) is 4.79 Å². The first-order chi connectivity index (χ1) is 13.1. The van der Waals surface area contributed by atoms with Gasteiger partial charge in [0.1, 0.15) is 11.5 Å². The van der Waals surface area contributed by atoms with E-state index in [1.165, 1.54) is 0 Å². The van der Waals surface area contributed by atoms with Gasteiger partial charge in [-0.05, 0) is 60.1 Å². The average Bonchev–Trinajstić information content (AvgIpc) is 3.33. The van der Waals surface area contributed by atoms with E-state index in [1.54, 1.807) is 48.5 Å². The molecule has 0 aliphatic carbocycles. The summed E-state index contributed by atoms with van der Waals surface area (Å²) in [5.74, 6) is 0.896. The molecule has 0 spiro atoms. The first kappa shape index (κ1) is 17.4. The minimum atomic E-state index is -0.209. The first-order valence-electron chi connectivity index (χ1n) is 8.32. The maximum Gasteiger partial charge on any atom is 0.260 e. The Kier molecular flexibility index (Phi) is 4.49. The third-order valence-corrected chi connectivity index (χ3v) is 4.64. The number of pyridine rings is 2. The fourth-order valence-electron chi connectivity index (χ4n) is 2.90. The lowest BCUT2D eigenvalue weighted by molar-refractivity contribution is 0.0989. The molecule has 0 bridgehead atoms. The maximum atomic E-state index is 13.4. The van der Waals surface area contributed by atoms with Crippen molar-refractivity contribution in [3.63, 3.8) is 0 Å². The number of carbonyl (C=O) groups is 1. The molecule has 0 unspecified atom stereocenters. The number of rotatable bonds is 4. The molecule has 27 heavy (non-hydrogen) atoms. The average molecular weight is 427 g/mol. The third kappa shape index (κ3) is 3.12. The van der Waals surface area contributed by atoms with E-state index in [1.807, 2.05) is 13.0 Å². The second-order valence-electron chi connectivity index (χ2n) is 5.86. The van der Waals surface area contributed by atoms with Crippen LogP contribution >= 0.6 is 15.9 Å². The van der Waals surface area contributed by atoms with Gasteiger partial charge in [-0.3, -0.25) is 9.69 Å². The van der Waals surface area contributed by atoms with Gasteiger partial charge in [-0.15, -0.1) is 0 Å². The summed E-state index contributed by atoms with van der Waals surface area (Å²) in [6.07, 6.45) is 3.21. The predicted octanol–water partition coefficient (Wildman–Crippen LogP) is 4.62. The second kappa shape index (κ2) is 6.96. The molecule has 136 valence electrons. The molecule has 0 aliphatic heterocycles. The summed E-state index contributed by atoms with van der Waals surface area (Å²) in [5.41, 5.74) is 1.85. The molecule has 4 aromatic heterocycles. The number of carbonyl (C=O) groups excluding carboxylic acids is 1. The van der Waals surface area contributed by atoms with Crippen LogP contribution in [0.15, 0.2) is 56.2 Å². The number of halogens is 1. The van der Waals surface area contributed by atoms with Crippen molar-refractivity contribution >= 4 is 38.8 Å². The number of anilines is 1. The summed E-state index contributed by atoms with van der Waals surface area (Å²) in [6.45, 7) is 4.14. The highest BCUT2D eigenvalue weighted by Crippen LogP contribution is 2.29. The zero-order chi connectivity index (χ0) is 19.0. The van der Waals surface area contributed by atoms with Gasteiger partial charge in [-0.25, -0.2) is 9.97 Å². The van der Waals surface area contributed by atoms with Crippen LogP contribution in [0.5, 0.6) is 0 Å². The number of aromatic nitrogens is 3. The van der Waals surface area contributed by atoms with Gasteiger partial charge in [0.25, 0.3) is 11.6 Å². The van der Waals surface area contributed by atoms with Crippen LogP contribution in [0.3, 0.4) is 0 Å². The summed E-state index contributed by atoms with van der Waals surface area (Å²) < 4.78 is 11.6. The van der Waals surface area contributed by atoms with Crippen molar-refractivity contribution < 1.29 is 13.7 Å². The second-order valence-corrected chi connectivity index (χ2v) is 6.78. The molecule has 4 heterocycles. The summed E-state index contributed by atoms with van der Waals surface area (Å²) in [7, 11) is 0. The molecule has 4 rings (SSSR count). The molecule has 0 aliphatic rings. The zero-order valence-corrected chi connectivity index (χ0v) is 16.2. The predicted molar refractivity (Wildman–Crippen MR) is 104 cm³/mol. The molecule has 0 radical (unpaired) electrons. The number of amides is 1. The molecule has 0 aromatic carbocycles. The molecular formula is C19H15BrN4O3. The lowest BCUT2D eigenvalue weighted by Gasteiger charge is -2.20. The molecule has 0 saturated carbocycles. The van der Waals surface area contributed by atoms with Crippen LogP contribution in [0, 0.1) is 6.92 Å². The fraction of sp³-hybridized carbons (Fsp3) is 0.158. The van der Waals surface area contributed by atoms with Gasteiger partial charge in [-0.1, -0.05) is 5.16 Å². The van der Waals surface area contributed by atoms with Crippen LogP contribution < -0.4 is 4.90 Å². The maximum absolute atomic E-state index is 13.4. The van der Waals surface area contributed by atoms with Gasteiger partial charge >= 0.3 is 0 Å². The van der Waals surface area contributed by atoms with Crippen LogP contribution in [0.25, 0.3) is 22.6 Å². The minimum absolute atomic E-state index is 0.209. The summed E-state index contributed by atoms with van der Waals surface area (Å²) >= 11 is 3.36. The lowest BCUT2D eigenvalue weighted by Crippen LogP contribution is -2.31. The van der Waals surface area contributed by atoms with Crippen LogP contribution in [-0.2, 0) is 0 Å². The van der Waals surface area contributed by atoms with Crippen molar-refractivity contribution in [2.75, 3.05) is 11.4 Å². The molecule has 7 nitrogen and oxygen atoms in total. The van der Waals surface area contributed by atoms with Crippen LogP contribution in [0.4, 0.5) is 5.82 Å².